The average molecular weight is 632 g/mol. The van der Waals surface area contributed by atoms with Crippen molar-refractivity contribution in [3.63, 3.8) is 0 Å². The minimum Gasteiger partial charge on any atom is -0.454 e. The highest BCUT2D eigenvalue weighted by Gasteiger charge is 2.42. The number of para-hydroxylation sites is 2. The number of rotatable bonds is 8. The fourth-order valence-electron chi connectivity index (χ4n) is 3.85. The first kappa shape index (κ1) is 30.4. The van der Waals surface area contributed by atoms with E-state index in [0.29, 0.717) is 37.0 Å². The van der Waals surface area contributed by atoms with Gasteiger partial charge in [0.25, 0.3) is 15.9 Å². The second-order valence-corrected chi connectivity index (χ2v) is 11.3. The molecule has 0 spiro atoms. The topological polar surface area (TPSA) is 123 Å². The molecule has 3 N–H and O–H groups in total. The summed E-state index contributed by atoms with van der Waals surface area (Å²) in [7, 11) is -4.50. The molecular formula is C26H22Cl2F3N3O6S. The van der Waals surface area contributed by atoms with E-state index in [9.17, 15) is 31.2 Å². The Morgan fingerprint density at radius 2 is 1.63 bits per heavy atom. The number of carbonyl (C=O) groups excluding carboxylic acids is 2. The fourth-order valence-corrected chi connectivity index (χ4v) is 5.38. The van der Waals surface area contributed by atoms with Gasteiger partial charge in [0, 0.05) is 17.1 Å². The maximum Gasteiger partial charge on any atom is 0.491 e. The van der Waals surface area contributed by atoms with Gasteiger partial charge in [-0.05, 0) is 68.4 Å². The number of hydrogen-bond acceptors (Lipinski definition) is 7. The fraction of sp³-hybridized carbons (Fsp3) is 0.231. The monoisotopic (exact) mass is 631 g/mol. The Kier molecular flexibility index (Phi) is 9.32. The van der Waals surface area contributed by atoms with Gasteiger partial charge in [-0.2, -0.15) is 13.2 Å². The van der Waals surface area contributed by atoms with Crippen molar-refractivity contribution in [2.75, 3.05) is 17.8 Å². The van der Waals surface area contributed by atoms with Gasteiger partial charge in [0.15, 0.2) is 5.75 Å². The molecule has 1 aliphatic rings. The number of benzene rings is 3. The molecule has 1 fully saturated rings. The van der Waals surface area contributed by atoms with Crippen molar-refractivity contribution in [1.82, 2.24) is 10.6 Å². The van der Waals surface area contributed by atoms with Crippen molar-refractivity contribution in [2.45, 2.75) is 30.0 Å². The lowest BCUT2D eigenvalue weighted by Crippen LogP contribution is -2.43. The van der Waals surface area contributed by atoms with Crippen molar-refractivity contribution in [3.05, 3.63) is 76.3 Å². The van der Waals surface area contributed by atoms with Crippen molar-refractivity contribution in [2.24, 2.45) is 0 Å². The first-order valence-electron chi connectivity index (χ1n) is 12.0. The lowest BCUT2D eigenvalue weighted by Gasteiger charge is -2.24. The van der Waals surface area contributed by atoms with Gasteiger partial charge < -0.3 is 20.1 Å². The Morgan fingerprint density at radius 1 is 0.927 bits per heavy atom. The molecule has 0 unspecified atom stereocenters. The second-order valence-electron chi connectivity index (χ2n) is 8.82. The summed E-state index contributed by atoms with van der Waals surface area (Å²) in [6, 6.07) is 12.7. The first-order chi connectivity index (χ1) is 19.3. The Balaban J connectivity index is 1.64. The third kappa shape index (κ3) is 7.82. The molecule has 1 amide bonds. The van der Waals surface area contributed by atoms with Crippen LogP contribution in [0, 0.1) is 0 Å². The molecule has 1 heterocycles. The maximum atomic E-state index is 13.3. The van der Waals surface area contributed by atoms with Gasteiger partial charge in [-0.3, -0.25) is 9.52 Å². The molecule has 218 valence electrons. The van der Waals surface area contributed by atoms with Crippen LogP contribution in [0.2, 0.25) is 10.0 Å². The Hall–Kier alpha value is -3.52. The molecule has 3 aromatic carbocycles. The number of carbonyl (C=O) groups is 2. The molecule has 1 saturated heterocycles. The lowest BCUT2D eigenvalue weighted by atomic mass is 10.1. The van der Waals surface area contributed by atoms with Crippen LogP contribution in [0.5, 0.6) is 17.2 Å². The predicted octanol–water partition coefficient (Wildman–Crippen LogP) is 5.54. The molecule has 1 aliphatic heterocycles. The first-order valence-corrected chi connectivity index (χ1v) is 14.3. The highest BCUT2D eigenvalue weighted by Crippen LogP contribution is 2.36. The van der Waals surface area contributed by atoms with E-state index in [-0.39, 0.29) is 28.3 Å². The van der Waals surface area contributed by atoms with Crippen molar-refractivity contribution in [1.29, 1.82) is 0 Å². The number of hydrogen-bond donors (Lipinski definition) is 3. The molecule has 0 aliphatic carbocycles. The summed E-state index contributed by atoms with van der Waals surface area (Å²) >= 11 is 12.0. The van der Waals surface area contributed by atoms with Gasteiger partial charge in [-0.15, -0.1) is 0 Å². The standard InChI is InChI=1S/C26H22Cl2F3N3O6S/c27-15-5-8-21(19(28)13-15)39-22-4-2-1-3-20(22)34-41(37,38)17-6-7-18(23(14-17)40-25(36)26(29,30)31)24(35)33-16-9-11-32-12-10-16/h1-8,13-14,16,32,34H,9-12H2,(H,33,35). The molecule has 0 aromatic heterocycles. The van der Waals surface area contributed by atoms with Crippen LogP contribution in [0.4, 0.5) is 18.9 Å². The molecule has 15 heteroatoms. The Morgan fingerprint density at radius 3 is 2.32 bits per heavy atom. The summed E-state index contributed by atoms with van der Waals surface area (Å²) in [5.41, 5.74) is -0.485. The number of ether oxygens (including phenoxy) is 2. The summed E-state index contributed by atoms with van der Waals surface area (Å²) < 4.78 is 78.0. The maximum absolute atomic E-state index is 13.3. The van der Waals surface area contributed by atoms with E-state index in [1.807, 2.05) is 0 Å². The third-order valence-electron chi connectivity index (χ3n) is 5.86. The zero-order valence-electron chi connectivity index (χ0n) is 20.9. The molecule has 0 atom stereocenters. The van der Waals surface area contributed by atoms with E-state index in [4.69, 9.17) is 27.9 Å². The van der Waals surface area contributed by atoms with Crippen LogP contribution in [0.25, 0.3) is 0 Å². The predicted molar refractivity (Wildman–Crippen MR) is 145 cm³/mol. The Labute approximate surface area is 243 Å². The number of esters is 1. The van der Waals surface area contributed by atoms with Gasteiger partial charge in [0.1, 0.15) is 11.5 Å². The van der Waals surface area contributed by atoms with Crippen LogP contribution in [0.15, 0.2) is 65.6 Å². The smallest absolute Gasteiger partial charge is 0.454 e. The molecule has 41 heavy (non-hydrogen) atoms. The van der Waals surface area contributed by atoms with Gasteiger partial charge >= 0.3 is 12.1 Å². The molecule has 0 saturated carbocycles. The zero-order valence-corrected chi connectivity index (χ0v) is 23.3. The van der Waals surface area contributed by atoms with E-state index < -0.39 is 44.3 Å². The quantitative estimate of drug-likeness (QED) is 0.220. The normalized spacial score (nSPS) is 14.3. The molecule has 3 aromatic rings. The van der Waals surface area contributed by atoms with Crippen LogP contribution in [0.3, 0.4) is 0 Å². The van der Waals surface area contributed by atoms with E-state index in [1.54, 1.807) is 6.07 Å². The SMILES string of the molecule is O=C(NC1CCNCC1)c1ccc(S(=O)(=O)Nc2ccccc2Oc2ccc(Cl)cc2Cl)cc1OC(=O)C(F)(F)F. The van der Waals surface area contributed by atoms with Crippen molar-refractivity contribution < 1.29 is 40.7 Å². The molecule has 4 rings (SSSR count). The van der Waals surface area contributed by atoms with Gasteiger partial charge in [0.2, 0.25) is 0 Å². The number of anilines is 1. The summed E-state index contributed by atoms with van der Waals surface area (Å²) in [6.45, 7) is 1.25. The van der Waals surface area contributed by atoms with E-state index in [1.165, 1.54) is 36.4 Å². The molecule has 9 nitrogen and oxygen atoms in total. The number of sulfonamides is 1. The molecular weight excluding hydrogens is 610 g/mol. The molecule has 0 bridgehead atoms. The van der Waals surface area contributed by atoms with Gasteiger partial charge in [-0.1, -0.05) is 35.3 Å². The van der Waals surface area contributed by atoms with Crippen molar-refractivity contribution in [3.8, 4) is 17.2 Å². The Bertz CT molecular complexity index is 1560. The summed E-state index contributed by atoms with van der Waals surface area (Å²) in [6.07, 6.45) is -4.25. The minimum atomic E-state index is -5.39. The number of alkyl halides is 3. The minimum absolute atomic E-state index is 0.0416. The highest BCUT2D eigenvalue weighted by atomic mass is 35.5. The summed E-state index contributed by atoms with van der Waals surface area (Å²) in [5, 5.41) is 6.29. The summed E-state index contributed by atoms with van der Waals surface area (Å²) in [5.74, 6) is -4.10. The number of halogens is 5. The second kappa shape index (κ2) is 12.6. The molecule has 0 radical (unpaired) electrons. The number of piperidine rings is 1. The van der Waals surface area contributed by atoms with E-state index in [2.05, 4.69) is 20.1 Å². The number of nitrogens with one attached hydrogen (secondary N) is 3. The van der Waals surface area contributed by atoms with Gasteiger partial charge in [0.05, 0.1) is 21.2 Å². The van der Waals surface area contributed by atoms with Crippen molar-refractivity contribution >= 4 is 50.8 Å². The summed E-state index contributed by atoms with van der Waals surface area (Å²) in [4.78, 5) is 23.9. The van der Waals surface area contributed by atoms with Crippen LogP contribution < -0.4 is 24.8 Å². The van der Waals surface area contributed by atoms with Gasteiger partial charge in [-0.25, -0.2) is 13.2 Å². The van der Waals surface area contributed by atoms with Crippen LogP contribution in [0.1, 0.15) is 23.2 Å². The van der Waals surface area contributed by atoms with Crippen LogP contribution in [-0.4, -0.2) is 45.6 Å². The van der Waals surface area contributed by atoms with E-state index in [0.717, 1.165) is 12.1 Å². The lowest BCUT2D eigenvalue weighted by molar-refractivity contribution is -0.189. The highest BCUT2D eigenvalue weighted by molar-refractivity contribution is 7.92. The average Bonchev–Trinajstić information content (AvgIpc) is 2.91. The van der Waals surface area contributed by atoms with Crippen LogP contribution in [-0.2, 0) is 14.8 Å². The third-order valence-corrected chi connectivity index (χ3v) is 7.76. The van der Waals surface area contributed by atoms with Crippen LogP contribution >= 0.6 is 23.2 Å². The largest absolute Gasteiger partial charge is 0.491 e. The van der Waals surface area contributed by atoms with E-state index >= 15 is 0 Å². The number of amides is 1. The zero-order chi connectivity index (χ0) is 29.8.